The lowest BCUT2D eigenvalue weighted by molar-refractivity contribution is 0.131. The molecule has 13 heavy (non-hydrogen) atoms. The topological polar surface area (TPSA) is 23.5 Å². The summed E-state index contributed by atoms with van der Waals surface area (Å²) < 4.78 is 0. The number of likely N-dealkylation sites (tertiary alicyclic amines) is 1. The van der Waals surface area contributed by atoms with Gasteiger partial charge in [0.05, 0.1) is 0 Å². The van der Waals surface area contributed by atoms with Crippen molar-refractivity contribution in [1.82, 2.24) is 4.90 Å². The fraction of sp³-hybridized carbons (Fsp3) is 0.818. The van der Waals surface area contributed by atoms with E-state index in [2.05, 4.69) is 11.5 Å². The van der Waals surface area contributed by atoms with Gasteiger partial charge in [0, 0.05) is 6.61 Å². The number of rotatable bonds is 5. The minimum atomic E-state index is 0.375. The molecule has 0 radical (unpaired) electrons. The first-order valence-electron chi connectivity index (χ1n) is 5.31. The highest BCUT2D eigenvalue weighted by Gasteiger charge is 2.17. The van der Waals surface area contributed by atoms with E-state index in [1.807, 2.05) is 6.08 Å². The number of piperidine rings is 1. The van der Waals surface area contributed by atoms with Crippen molar-refractivity contribution in [3.63, 3.8) is 0 Å². The number of allylic oxidation sites excluding steroid dienone is 1. The van der Waals surface area contributed by atoms with Crippen LogP contribution < -0.4 is 0 Å². The summed E-state index contributed by atoms with van der Waals surface area (Å²) in [7, 11) is 0. The molecular formula is C11H21NO. The van der Waals surface area contributed by atoms with Gasteiger partial charge in [0.25, 0.3) is 0 Å². The second kappa shape index (κ2) is 6.17. The Morgan fingerprint density at radius 3 is 2.62 bits per heavy atom. The van der Waals surface area contributed by atoms with Gasteiger partial charge in [-0.05, 0) is 51.2 Å². The van der Waals surface area contributed by atoms with Gasteiger partial charge >= 0.3 is 0 Å². The summed E-state index contributed by atoms with van der Waals surface area (Å²) >= 11 is 0. The van der Waals surface area contributed by atoms with E-state index in [1.54, 1.807) is 0 Å². The molecule has 2 heteroatoms. The Kier molecular flexibility index (Phi) is 5.09. The van der Waals surface area contributed by atoms with Crippen molar-refractivity contribution in [2.45, 2.75) is 25.7 Å². The highest BCUT2D eigenvalue weighted by molar-refractivity contribution is 4.73. The molecular weight excluding hydrogens is 162 g/mol. The third kappa shape index (κ3) is 3.92. The van der Waals surface area contributed by atoms with E-state index in [4.69, 9.17) is 5.11 Å². The highest BCUT2D eigenvalue weighted by Crippen LogP contribution is 2.16. The molecule has 0 spiro atoms. The molecule has 1 aliphatic rings. The van der Waals surface area contributed by atoms with E-state index in [1.165, 1.54) is 38.9 Å². The Labute approximate surface area is 81.2 Å². The van der Waals surface area contributed by atoms with Crippen LogP contribution in [0, 0.1) is 5.92 Å². The van der Waals surface area contributed by atoms with Gasteiger partial charge in [-0.25, -0.2) is 0 Å². The first kappa shape index (κ1) is 10.7. The molecule has 0 amide bonds. The molecule has 2 nitrogen and oxygen atoms in total. The predicted octanol–water partition coefficient (Wildman–Crippen LogP) is 1.66. The predicted molar refractivity (Wildman–Crippen MR) is 55.7 cm³/mol. The molecule has 0 aromatic rings. The summed E-state index contributed by atoms with van der Waals surface area (Å²) in [6.07, 6.45) is 6.68. The molecule has 1 rings (SSSR count). The van der Waals surface area contributed by atoms with E-state index in [-0.39, 0.29) is 0 Å². The van der Waals surface area contributed by atoms with Gasteiger partial charge < -0.3 is 10.0 Å². The number of nitrogens with zero attached hydrogens (tertiary/aromatic N) is 1. The molecule has 0 aromatic carbocycles. The van der Waals surface area contributed by atoms with Crippen LogP contribution in [0.2, 0.25) is 0 Å². The zero-order chi connectivity index (χ0) is 9.52. The lowest BCUT2D eigenvalue weighted by Crippen LogP contribution is -2.35. The molecule has 0 unspecified atom stereocenters. The van der Waals surface area contributed by atoms with Gasteiger partial charge in [-0.15, -0.1) is 6.58 Å². The quantitative estimate of drug-likeness (QED) is 0.517. The van der Waals surface area contributed by atoms with E-state index in [9.17, 15) is 0 Å². The average Bonchev–Trinajstić information content (AvgIpc) is 2.19. The van der Waals surface area contributed by atoms with Crippen molar-refractivity contribution in [2.75, 3.05) is 26.2 Å². The smallest absolute Gasteiger partial charge is 0.0460 e. The normalized spacial score (nSPS) is 20.4. The Balaban J connectivity index is 2.06. The molecule has 0 aliphatic carbocycles. The molecule has 76 valence electrons. The number of aliphatic hydroxyl groups excluding tert-OH is 1. The van der Waals surface area contributed by atoms with E-state index >= 15 is 0 Å². The van der Waals surface area contributed by atoms with Gasteiger partial charge in [-0.3, -0.25) is 0 Å². The van der Waals surface area contributed by atoms with Crippen LogP contribution in [0.15, 0.2) is 12.7 Å². The molecule has 1 aliphatic heterocycles. The second-order valence-corrected chi connectivity index (χ2v) is 3.90. The van der Waals surface area contributed by atoms with Crippen LogP contribution in [0.4, 0.5) is 0 Å². The summed E-state index contributed by atoms with van der Waals surface area (Å²) in [6, 6.07) is 0. The molecule has 1 heterocycles. The Morgan fingerprint density at radius 1 is 1.38 bits per heavy atom. The van der Waals surface area contributed by atoms with Crippen molar-refractivity contribution >= 4 is 0 Å². The molecule has 1 N–H and O–H groups in total. The van der Waals surface area contributed by atoms with Crippen LogP contribution in [-0.2, 0) is 0 Å². The average molecular weight is 183 g/mol. The Hall–Kier alpha value is -0.340. The highest BCUT2D eigenvalue weighted by atomic mass is 16.3. The van der Waals surface area contributed by atoms with Gasteiger partial charge in [-0.2, -0.15) is 0 Å². The van der Waals surface area contributed by atoms with Crippen molar-refractivity contribution in [1.29, 1.82) is 0 Å². The number of hydrogen-bond donors (Lipinski definition) is 1. The van der Waals surface area contributed by atoms with Crippen molar-refractivity contribution in [2.24, 2.45) is 5.92 Å². The maximum absolute atomic E-state index is 8.96. The number of unbranched alkanes of at least 4 members (excludes halogenated alkanes) is 1. The van der Waals surface area contributed by atoms with Gasteiger partial charge in [0.1, 0.15) is 0 Å². The standard InChI is InChI=1S/C11H21NO/c1-2-3-4-7-12-8-5-11(10-13)6-9-12/h2,11,13H,1,3-10H2. The van der Waals surface area contributed by atoms with Crippen LogP contribution in [0.3, 0.4) is 0 Å². The minimum Gasteiger partial charge on any atom is -0.396 e. The van der Waals surface area contributed by atoms with Crippen molar-refractivity contribution < 1.29 is 5.11 Å². The summed E-state index contributed by atoms with van der Waals surface area (Å²) in [5, 5.41) is 8.96. The summed E-state index contributed by atoms with van der Waals surface area (Å²) in [4.78, 5) is 2.50. The van der Waals surface area contributed by atoms with Crippen LogP contribution in [0.5, 0.6) is 0 Å². The zero-order valence-electron chi connectivity index (χ0n) is 8.41. The number of hydrogen-bond acceptors (Lipinski definition) is 2. The fourth-order valence-electron chi connectivity index (χ4n) is 1.85. The zero-order valence-corrected chi connectivity index (χ0v) is 8.41. The Bertz CT molecular complexity index is 139. The monoisotopic (exact) mass is 183 g/mol. The van der Waals surface area contributed by atoms with Gasteiger partial charge in [0.15, 0.2) is 0 Å². The first-order valence-corrected chi connectivity index (χ1v) is 5.31. The first-order chi connectivity index (χ1) is 6.36. The molecule has 0 aromatic heterocycles. The molecule has 0 saturated carbocycles. The third-order valence-corrected chi connectivity index (χ3v) is 2.85. The van der Waals surface area contributed by atoms with E-state index in [0.29, 0.717) is 12.5 Å². The van der Waals surface area contributed by atoms with E-state index < -0.39 is 0 Å². The van der Waals surface area contributed by atoms with Gasteiger partial charge in [-0.1, -0.05) is 6.08 Å². The second-order valence-electron chi connectivity index (χ2n) is 3.90. The maximum Gasteiger partial charge on any atom is 0.0460 e. The third-order valence-electron chi connectivity index (χ3n) is 2.85. The molecule has 1 fully saturated rings. The fourth-order valence-corrected chi connectivity index (χ4v) is 1.85. The summed E-state index contributed by atoms with van der Waals surface area (Å²) in [6.45, 7) is 7.63. The number of aliphatic hydroxyl groups is 1. The summed E-state index contributed by atoms with van der Waals surface area (Å²) in [5.74, 6) is 0.565. The molecule has 0 bridgehead atoms. The molecule has 1 saturated heterocycles. The van der Waals surface area contributed by atoms with Gasteiger partial charge in [0.2, 0.25) is 0 Å². The lowest BCUT2D eigenvalue weighted by atomic mass is 9.98. The molecule has 0 atom stereocenters. The lowest BCUT2D eigenvalue weighted by Gasteiger charge is -2.30. The van der Waals surface area contributed by atoms with Crippen LogP contribution in [0.1, 0.15) is 25.7 Å². The van der Waals surface area contributed by atoms with Crippen LogP contribution >= 0.6 is 0 Å². The largest absolute Gasteiger partial charge is 0.396 e. The Morgan fingerprint density at radius 2 is 2.08 bits per heavy atom. The van der Waals surface area contributed by atoms with Crippen molar-refractivity contribution in [3.05, 3.63) is 12.7 Å². The van der Waals surface area contributed by atoms with E-state index in [0.717, 1.165) is 6.42 Å². The van der Waals surface area contributed by atoms with Crippen LogP contribution in [-0.4, -0.2) is 36.2 Å². The minimum absolute atomic E-state index is 0.375. The SMILES string of the molecule is C=CCCCN1CCC(CO)CC1. The van der Waals surface area contributed by atoms with Crippen molar-refractivity contribution in [3.8, 4) is 0 Å². The van der Waals surface area contributed by atoms with Crippen LogP contribution in [0.25, 0.3) is 0 Å². The maximum atomic E-state index is 8.96. The summed E-state index contributed by atoms with van der Waals surface area (Å²) in [5.41, 5.74) is 0.